The second-order valence-electron chi connectivity index (χ2n) is 3.01. The third kappa shape index (κ3) is 1.82. The largest absolute Gasteiger partial charge is 0.348 e. The lowest BCUT2D eigenvalue weighted by molar-refractivity contribution is 0.626. The van der Waals surface area contributed by atoms with Crippen LogP contribution < -0.4 is 5.73 Å². The lowest BCUT2D eigenvalue weighted by atomic mass is 10.4. The molecule has 0 saturated heterocycles. The zero-order chi connectivity index (χ0) is 9.14. The zero-order valence-electron chi connectivity index (χ0n) is 7.60. The van der Waals surface area contributed by atoms with Gasteiger partial charge in [-0.25, -0.2) is 0 Å². The minimum atomic E-state index is 0.731. The van der Waals surface area contributed by atoms with Crippen LogP contribution in [-0.4, -0.2) is 11.1 Å². The molecule has 0 fully saturated rings. The van der Waals surface area contributed by atoms with Gasteiger partial charge in [0.2, 0.25) is 0 Å². The van der Waals surface area contributed by atoms with E-state index in [1.165, 1.54) is 5.69 Å². The summed E-state index contributed by atoms with van der Waals surface area (Å²) >= 11 is 5.96. The van der Waals surface area contributed by atoms with Crippen LogP contribution in [0.25, 0.3) is 0 Å². The Morgan fingerprint density at radius 2 is 2.17 bits per heavy atom. The average molecular weight is 187 g/mol. The van der Waals surface area contributed by atoms with Crippen molar-refractivity contribution in [3.8, 4) is 0 Å². The summed E-state index contributed by atoms with van der Waals surface area (Å²) < 4.78 is 2.20. The molecule has 0 bridgehead atoms. The van der Waals surface area contributed by atoms with E-state index in [0.29, 0.717) is 0 Å². The predicted molar refractivity (Wildman–Crippen MR) is 52.6 cm³/mol. The Hall–Kier alpha value is -0.470. The second kappa shape index (κ2) is 3.97. The van der Waals surface area contributed by atoms with E-state index < -0.39 is 0 Å². The molecule has 3 heteroatoms. The molecule has 68 valence electrons. The molecule has 0 aliphatic carbocycles. The Kier molecular flexibility index (Phi) is 3.18. The molecule has 1 rings (SSSR count). The summed E-state index contributed by atoms with van der Waals surface area (Å²) in [6.07, 6.45) is 1.01. The highest BCUT2D eigenvalue weighted by molar-refractivity contribution is 6.31. The number of halogens is 1. The van der Waals surface area contributed by atoms with E-state index in [-0.39, 0.29) is 0 Å². The molecule has 0 aromatic carbocycles. The number of hydrogen-bond acceptors (Lipinski definition) is 1. The van der Waals surface area contributed by atoms with Crippen molar-refractivity contribution in [1.29, 1.82) is 0 Å². The van der Waals surface area contributed by atoms with Crippen LogP contribution in [0.4, 0.5) is 0 Å². The molecule has 0 aliphatic rings. The number of rotatable bonds is 3. The first-order chi connectivity index (χ1) is 5.66. The maximum absolute atomic E-state index is 5.96. The SMILES string of the molecule is Cc1cc(Cl)c(C)n1CCCN. The highest BCUT2D eigenvalue weighted by Crippen LogP contribution is 2.19. The molecule has 0 aliphatic heterocycles. The molecule has 0 saturated carbocycles. The average Bonchev–Trinajstić information content (AvgIpc) is 2.25. The van der Waals surface area contributed by atoms with Crippen LogP contribution in [0.5, 0.6) is 0 Å². The molecular formula is C9H15ClN2. The minimum absolute atomic E-state index is 0.731. The van der Waals surface area contributed by atoms with Gasteiger partial charge in [-0.05, 0) is 32.9 Å². The fourth-order valence-electron chi connectivity index (χ4n) is 1.35. The minimum Gasteiger partial charge on any atom is -0.348 e. The normalized spacial score (nSPS) is 10.7. The standard InChI is InChI=1S/C9H15ClN2/c1-7-6-9(10)8(2)12(7)5-3-4-11/h6H,3-5,11H2,1-2H3. The summed E-state index contributed by atoms with van der Waals surface area (Å²) in [5.41, 5.74) is 7.79. The van der Waals surface area contributed by atoms with E-state index in [4.69, 9.17) is 17.3 Å². The molecule has 0 unspecified atom stereocenters. The zero-order valence-corrected chi connectivity index (χ0v) is 8.36. The number of aromatic nitrogens is 1. The molecule has 2 nitrogen and oxygen atoms in total. The van der Waals surface area contributed by atoms with Crippen LogP contribution in [0, 0.1) is 13.8 Å². The Balaban J connectivity index is 2.82. The summed E-state index contributed by atoms with van der Waals surface area (Å²) in [6, 6.07) is 1.99. The molecule has 0 atom stereocenters. The van der Waals surface area contributed by atoms with E-state index in [1.807, 2.05) is 13.0 Å². The Morgan fingerprint density at radius 3 is 2.58 bits per heavy atom. The van der Waals surface area contributed by atoms with Crippen molar-refractivity contribution in [1.82, 2.24) is 4.57 Å². The summed E-state index contributed by atoms with van der Waals surface area (Å²) in [6.45, 7) is 5.80. The van der Waals surface area contributed by atoms with Crippen molar-refractivity contribution in [2.45, 2.75) is 26.8 Å². The van der Waals surface area contributed by atoms with Gasteiger partial charge in [-0.2, -0.15) is 0 Å². The van der Waals surface area contributed by atoms with Gasteiger partial charge in [0.1, 0.15) is 0 Å². The summed E-state index contributed by atoms with van der Waals surface area (Å²) in [5.74, 6) is 0. The van der Waals surface area contributed by atoms with Crippen LogP contribution >= 0.6 is 11.6 Å². The van der Waals surface area contributed by atoms with Crippen LogP contribution in [0.15, 0.2) is 6.07 Å². The third-order valence-corrected chi connectivity index (χ3v) is 2.48. The molecule has 1 heterocycles. The Labute approximate surface area is 78.3 Å². The van der Waals surface area contributed by atoms with Crippen molar-refractivity contribution in [3.63, 3.8) is 0 Å². The number of hydrogen-bond donors (Lipinski definition) is 1. The summed E-state index contributed by atoms with van der Waals surface area (Å²) in [5, 5.41) is 0.851. The summed E-state index contributed by atoms with van der Waals surface area (Å²) in [7, 11) is 0. The van der Waals surface area contributed by atoms with Crippen molar-refractivity contribution in [3.05, 3.63) is 22.5 Å². The topological polar surface area (TPSA) is 30.9 Å². The number of nitrogens with two attached hydrogens (primary N) is 1. The van der Waals surface area contributed by atoms with Gasteiger partial charge in [-0.3, -0.25) is 0 Å². The highest BCUT2D eigenvalue weighted by atomic mass is 35.5. The fourth-order valence-corrected chi connectivity index (χ4v) is 1.61. The number of aryl methyl sites for hydroxylation is 1. The van der Waals surface area contributed by atoms with Crippen LogP contribution in [0.1, 0.15) is 17.8 Å². The molecular weight excluding hydrogens is 172 g/mol. The van der Waals surface area contributed by atoms with Crippen LogP contribution in [0.2, 0.25) is 5.02 Å². The van der Waals surface area contributed by atoms with Crippen LogP contribution in [0.3, 0.4) is 0 Å². The smallest absolute Gasteiger partial charge is 0.0615 e. The molecule has 0 spiro atoms. The second-order valence-corrected chi connectivity index (χ2v) is 3.42. The molecule has 0 amide bonds. The van der Waals surface area contributed by atoms with Gasteiger partial charge in [0.15, 0.2) is 0 Å². The van der Waals surface area contributed by atoms with E-state index >= 15 is 0 Å². The van der Waals surface area contributed by atoms with Gasteiger partial charge < -0.3 is 10.3 Å². The molecule has 2 N–H and O–H groups in total. The Bertz CT molecular complexity index is 266. The fraction of sp³-hybridized carbons (Fsp3) is 0.556. The predicted octanol–water partition coefficient (Wildman–Crippen LogP) is 2.11. The first-order valence-corrected chi connectivity index (χ1v) is 4.57. The first kappa shape index (κ1) is 9.62. The molecule has 1 aromatic heterocycles. The lowest BCUT2D eigenvalue weighted by Gasteiger charge is -2.07. The summed E-state index contributed by atoms with van der Waals surface area (Å²) in [4.78, 5) is 0. The molecule has 12 heavy (non-hydrogen) atoms. The number of nitrogens with zero attached hydrogens (tertiary/aromatic N) is 1. The third-order valence-electron chi connectivity index (χ3n) is 2.10. The van der Waals surface area contributed by atoms with Crippen molar-refractivity contribution < 1.29 is 0 Å². The van der Waals surface area contributed by atoms with Crippen LogP contribution in [-0.2, 0) is 6.54 Å². The van der Waals surface area contributed by atoms with Gasteiger partial charge in [-0.15, -0.1) is 0 Å². The maximum atomic E-state index is 5.96. The van der Waals surface area contributed by atoms with Crippen molar-refractivity contribution >= 4 is 11.6 Å². The molecule has 0 radical (unpaired) electrons. The quantitative estimate of drug-likeness (QED) is 0.770. The van der Waals surface area contributed by atoms with E-state index in [2.05, 4.69) is 11.5 Å². The highest BCUT2D eigenvalue weighted by Gasteiger charge is 2.05. The van der Waals surface area contributed by atoms with E-state index in [9.17, 15) is 0 Å². The Morgan fingerprint density at radius 1 is 1.50 bits per heavy atom. The van der Waals surface area contributed by atoms with Gasteiger partial charge in [0.05, 0.1) is 5.02 Å². The van der Waals surface area contributed by atoms with Gasteiger partial charge >= 0.3 is 0 Å². The lowest BCUT2D eigenvalue weighted by Crippen LogP contribution is -2.07. The van der Waals surface area contributed by atoms with Gasteiger partial charge in [-0.1, -0.05) is 11.6 Å². The van der Waals surface area contributed by atoms with E-state index in [1.54, 1.807) is 0 Å². The first-order valence-electron chi connectivity index (χ1n) is 4.19. The van der Waals surface area contributed by atoms with E-state index in [0.717, 1.165) is 30.2 Å². The van der Waals surface area contributed by atoms with Crippen molar-refractivity contribution in [2.24, 2.45) is 5.73 Å². The van der Waals surface area contributed by atoms with Gasteiger partial charge in [0.25, 0.3) is 0 Å². The molecule has 1 aromatic rings. The van der Waals surface area contributed by atoms with Gasteiger partial charge in [0, 0.05) is 17.9 Å². The maximum Gasteiger partial charge on any atom is 0.0615 e. The van der Waals surface area contributed by atoms with Crippen molar-refractivity contribution in [2.75, 3.05) is 6.54 Å². The monoisotopic (exact) mass is 186 g/mol.